The fourth-order valence-electron chi connectivity index (χ4n) is 2.10. The van der Waals surface area contributed by atoms with E-state index < -0.39 is 0 Å². The predicted octanol–water partition coefficient (Wildman–Crippen LogP) is 2.33. The molecule has 0 spiro atoms. The molecule has 1 aromatic carbocycles. The minimum Gasteiger partial charge on any atom is -0.497 e. The van der Waals surface area contributed by atoms with Gasteiger partial charge in [0, 0.05) is 11.6 Å². The number of methoxy groups -OCH3 is 2. The fraction of sp³-hybridized carbons (Fsp3) is 0.176. The Morgan fingerprint density at radius 2 is 1.92 bits per heavy atom. The second-order valence-corrected chi connectivity index (χ2v) is 5.05. The Morgan fingerprint density at radius 3 is 2.56 bits per heavy atom. The van der Waals surface area contributed by atoms with Crippen LogP contribution in [0, 0.1) is 0 Å². The molecule has 0 saturated heterocycles. The number of nitrogens with zero attached hydrogens (tertiary/aromatic N) is 3. The largest absolute Gasteiger partial charge is 0.497 e. The number of hydrogen-bond acceptors (Lipinski definition) is 7. The van der Waals surface area contributed by atoms with Crippen LogP contribution in [0.2, 0.25) is 0 Å². The highest BCUT2D eigenvalue weighted by atomic mass is 16.5. The number of anilines is 1. The zero-order valence-electron chi connectivity index (χ0n) is 13.7. The maximum absolute atomic E-state index is 12.1. The summed E-state index contributed by atoms with van der Waals surface area (Å²) >= 11 is 0. The van der Waals surface area contributed by atoms with E-state index in [9.17, 15) is 4.79 Å². The Balaban J connectivity index is 1.62. The average Bonchev–Trinajstić information content (AvgIpc) is 3.10. The SMILES string of the molecule is COc1ccc(-c2noc(CC(=O)Nc3ccc(OC)nc3)n2)cc1. The van der Waals surface area contributed by atoms with Crippen LogP contribution in [0.1, 0.15) is 5.89 Å². The minimum absolute atomic E-state index is 0.0326. The van der Waals surface area contributed by atoms with Crippen LogP contribution in [-0.4, -0.2) is 35.3 Å². The molecule has 0 atom stereocenters. The highest BCUT2D eigenvalue weighted by Crippen LogP contribution is 2.20. The third-order valence-corrected chi connectivity index (χ3v) is 3.36. The number of pyridine rings is 1. The third kappa shape index (κ3) is 4.11. The van der Waals surface area contributed by atoms with Crippen LogP contribution in [0.5, 0.6) is 11.6 Å². The molecule has 0 bridgehead atoms. The van der Waals surface area contributed by atoms with Crippen LogP contribution in [0.4, 0.5) is 5.69 Å². The lowest BCUT2D eigenvalue weighted by Crippen LogP contribution is -2.14. The summed E-state index contributed by atoms with van der Waals surface area (Å²) in [6.07, 6.45) is 1.47. The minimum atomic E-state index is -0.281. The standard InChI is InChI=1S/C17H16N4O4/c1-23-13-6-3-11(4-7-13)17-20-16(25-21-17)9-14(22)19-12-5-8-15(24-2)18-10-12/h3-8,10H,9H2,1-2H3,(H,19,22). The number of rotatable bonds is 6. The van der Waals surface area contributed by atoms with E-state index >= 15 is 0 Å². The molecule has 0 aliphatic heterocycles. The number of amides is 1. The van der Waals surface area contributed by atoms with Gasteiger partial charge in [0.05, 0.1) is 26.1 Å². The molecule has 128 valence electrons. The molecule has 0 fully saturated rings. The molecule has 0 saturated carbocycles. The first-order valence-corrected chi connectivity index (χ1v) is 7.45. The van der Waals surface area contributed by atoms with E-state index in [2.05, 4.69) is 20.4 Å². The van der Waals surface area contributed by atoms with Crippen molar-refractivity contribution in [3.63, 3.8) is 0 Å². The van der Waals surface area contributed by atoms with E-state index in [1.165, 1.54) is 13.3 Å². The lowest BCUT2D eigenvalue weighted by atomic mass is 10.2. The molecule has 1 amide bonds. The number of carbonyl (C=O) groups is 1. The Hall–Kier alpha value is -3.42. The molecule has 3 rings (SSSR count). The van der Waals surface area contributed by atoms with E-state index in [4.69, 9.17) is 14.0 Å². The molecule has 1 N–H and O–H groups in total. The Bertz CT molecular complexity index is 844. The summed E-state index contributed by atoms with van der Waals surface area (Å²) in [5.41, 5.74) is 1.33. The third-order valence-electron chi connectivity index (χ3n) is 3.36. The molecule has 2 aromatic heterocycles. The van der Waals surface area contributed by atoms with Gasteiger partial charge in [-0.15, -0.1) is 0 Å². The van der Waals surface area contributed by atoms with Gasteiger partial charge in [-0.1, -0.05) is 5.16 Å². The highest BCUT2D eigenvalue weighted by Gasteiger charge is 2.13. The second kappa shape index (κ2) is 7.43. The van der Waals surface area contributed by atoms with Gasteiger partial charge in [-0.05, 0) is 30.3 Å². The molecule has 8 nitrogen and oxygen atoms in total. The molecule has 3 aromatic rings. The van der Waals surface area contributed by atoms with Crippen molar-refractivity contribution in [1.82, 2.24) is 15.1 Å². The number of carbonyl (C=O) groups excluding carboxylic acids is 1. The number of nitrogens with one attached hydrogen (secondary N) is 1. The molecule has 2 heterocycles. The monoisotopic (exact) mass is 340 g/mol. The van der Waals surface area contributed by atoms with Crippen molar-refractivity contribution in [1.29, 1.82) is 0 Å². The molecule has 0 aliphatic rings. The van der Waals surface area contributed by atoms with E-state index in [1.807, 2.05) is 12.1 Å². The van der Waals surface area contributed by atoms with Crippen molar-refractivity contribution in [3.8, 4) is 23.0 Å². The molecule has 0 unspecified atom stereocenters. The van der Waals surface area contributed by atoms with Crippen molar-refractivity contribution in [2.24, 2.45) is 0 Å². The zero-order valence-corrected chi connectivity index (χ0v) is 13.7. The van der Waals surface area contributed by atoms with Crippen LogP contribution >= 0.6 is 0 Å². The van der Waals surface area contributed by atoms with Crippen LogP contribution in [0.25, 0.3) is 11.4 Å². The second-order valence-electron chi connectivity index (χ2n) is 5.05. The van der Waals surface area contributed by atoms with Gasteiger partial charge in [0.15, 0.2) is 0 Å². The normalized spacial score (nSPS) is 10.3. The van der Waals surface area contributed by atoms with Gasteiger partial charge in [-0.25, -0.2) is 4.98 Å². The molecule has 8 heteroatoms. The van der Waals surface area contributed by atoms with Crippen molar-refractivity contribution in [3.05, 3.63) is 48.5 Å². The summed E-state index contributed by atoms with van der Waals surface area (Å²) < 4.78 is 15.2. The van der Waals surface area contributed by atoms with Gasteiger partial charge in [0.2, 0.25) is 23.5 Å². The Labute approximate surface area is 143 Å². The van der Waals surface area contributed by atoms with E-state index in [0.717, 1.165) is 11.3 Å². The quantitative estimate of drug-likeness (QED) is 0.735. The smallest absolute Gasteiger partial charge is 0.236 e. The van der Waals surface area contributed by atoms with E-state index in [0.29, 0.717) is 17.4 Å². The lowest BCUT2D eigenvalue weighted by Gasteiger charge is -2.03. The first kappa shape index (κ1) is 16.4. The van der Waals surface area contributed by atoms with Crippen LogP contribution in [-0.2, 0) is 11.2 Å². The average molecular weight is 340 g/mol. The number of aromatic nitrogens is 3. The van der Waals surface area contributed by atoms with Crippen molar-refractivity contribution in [2.75, 3.05) is 19.5 Å². The van der Waals surface area contributed by atoms with Crippen molar-refractivity contribution < 1.29 is 18.8 Å². The molecular formula is C17H16N4O4. The summed E-state index contributed by atoms with van der Waals surface area (Å²) in [6, 6.07) is 10.6. The van der Waals surface area contributed by atoms with Gasteiger partial charge < -0.3 is 19.3 Å². The first-order chi connectivity index (χ1) is 12.2. The summed E-state index contributed by atoms with van der Waals surface area (Å²) in [7, 11) is 3.12. The highest BCUT2D eigenvalue weighted by molar-refractivity contribution is 5.91. The van der Waals surface area contributed by atoms with Crippen LogP contribution in [0.15, 0.2) is 47.1 Å². The molecular weight excluding hydrogens is 324 g/mol. The maximum atomic E-state index is 12.1. The number of hydrogen-bond donors (Lipinski definition) is 1. The Morgan fingerprint density at radius 1 is 1.12 bits per heavy atom. The number of benzene rings is 1. The summed E-state index contributed by atoms with van der Waals surface area (Å²) in [4.78, 5) is 20.3. The van der Waals surface area contributed by atoms with Gasteiger partial charge in [0.25, 0.3) is 0 Å². The summed E-state index contributed by atoms with van der Waals surface area (Å²) in [5.74, 6) is 1.57. The van der Waals surface area contributed by atoms with Crippen LogP contribution < -0.4 is 14.8 Å². The Kier molecular flexibility index (Phi) is 4.89. The van der Waals surface area contributed by atoms with Gasteiger partial charge in [-0.3, -0.25) is 4.79 Å². The van der Waals surface area contributed by atoms with Gasteiger partial charge in [0.1, 0.15) is 12.2 Å². The van der Waals surface area contributed by atoms with Crippen molar-refractivity contribution >= 4 is 11.6 Å². The summed E-state index contributed by atoms with van der Waals surface area (Å²) in [5, 5.41) is 6.59. The fourth-order valence-corrected chi connectivity index (χ4v) is 2.10. The predicted molar refractivity (Wildman–Crippen MR) is 89.4 cm³/mol. The maximum Gasteiger partial charge on any atom is 0.236 e. The van der Waals surface area contributed by atoms with E-state index in [1.54, 1.807) is 31.4 Å². The van der Waals surface area contributed by atoms with Gasteiger partial charge in [-0.2, -0.15) is 4.98 Å². The van der Waals surface area contributed by atoms with Crippen molar-refractivity contribution in [2.45, 2.75) is 6.42 Å². The van der Waals surface area contributed by atoms with Crippen LogP contribution in [0.3, 0.4) is 0 Å². The van der Waals surface area contributed by atoms with Gasteiger partial charge >= 0.3 is 0 Å². The number of ether oxygens (including phenoxy) is 2. The first-order valence-electron chi connectivity index (χ1n) is 7.45. The summed E-state index contributed by atoms with van der Waals surface area (Å²) in [6.45, 7) is 0. The molecule has 0 radical (unpaired) electrons. The molecule has 25 heavy (non-hydrogen) atoms. The lowest BCUT2D eigenvalue weighted by molar-refractivity contribution is -0.115. The topological polar surface area (TPSA) is 99.4 Å². The zero-order chi connectivity index (χ0) is 17.6. The molecule has 0 aliphatic carbocycles. The van der Waals surface area contributed by atoms with E-state index in [-0.39, 0.29) is 18.2 Å².